The van der Waals surface area contributed by atoms with E-state index in [1.165, 1.54) is 4.90 Å². The molecule has 36 heavy (non-hydrogen) atoms. The van der Waals surface area contributed by atoms with Crippen molar-refractivity contribution in [3.05, 3.63) is 99.5 Å². The van der Waals surface area contributed by atoms with Gasteiger partial charge in [0.1, 0.15) is 12.6 Å². The number of rotatable bonds is 8. The lowest BCUT2D eigenvalue weighted by molar-refractivity contribution is -0.124. The van der Waals surface area contributed by atoms with Crippen molar-refractivity contribution in [2.75, 3.05) is 18.0 Å². The van der Waals surface area contributed by atoms with E-state index in [-0.39, 0.29) is 24.3 Å². The summed E-state index contributed by atoms with van der Waals surface area (Å²) in [5.74, 6) is -0.485. The number of amides is 2. The lowest BCUT2D eigenvalue weighted by Gasteiger charge is -2.26. The second-order valence-corrected chi connectivity index (χ2v) is 9.80. The molecule has 5 nitrogen and oxygen atoms in total. The van der Waals surface area contributed by atoms with Gasteiger partial charge in [-0.2, -0.15) is 0 Å². The molecule has 0 spiro atoms. The molecule has 2 atom stereocenters. The maximum absolute atomic E-state index is 13.9. The van der Waals surface area contributed by atoms with Gasteiger partial charge in [-0.1, -0.05) is 92.0 Å². The van der Waals surface area contributed by atoms with Gasteiger partial charge in [0.2, 0.25) is 5.91 Å². The number of carbonyl (C=O) groups is 2. The maximum atomic E-state index is 13.9. The van der Waals surface area contributed by atoms with Crippen LogP contribution in [0.15, 0.2) is 77.8 Å². The molecule has 0 aromatic heterocycles. The topological polar surface area (TPSA) is 61.8 Å². The Kier molecular flexibility index (Phi) is 8.44. The summed E-state index contributed by atoms with van der Waals surface area (Å²) in [4.78, 5) is 33.3. The van der Waals surface area contributed by atoms with Crippen LogP contribution in [0.4, 0.5) is 5.69 Å². The first-order chi connectivity index (χ1) is 17.4. The standard InChI is InChI=1S/C29H29Cl2N3O2/c1-3-19(2)27-29(36)34(18-26(35)32-16-15-20-9-5-4-6-10-20)25-14-13-21(30)17-23(25)28(33-27)22-11-7-8-12-24(22)31/h4-14,17,19,27H,3,15-16,18H2,1-2H3,(H,32,35)/t19-,27-/m0/s1. The van der Waals surface area contributed by atoms with Gasteiger partial charge >= 0.3 is 0 Å². The van der Waals surface area contributed by atoms with Gasteiger partial charge < -0.3 is 10.2 Å². The highest BCUT2D eigenvalue weighted by atomic mass is 35.5. The van der Waals surface area contributed by atoms with Gasteiger partial charge in [0.25, 0.3) is 5.91 Å². The average molecular weight is 522 g/mol. The molecule has 1 aliphatic rings. The summed E-state index contributed by atoms with van der Waals surface area (Å²) in [7, 11) is 0. The molecule has 2 amide bonds. The fraction of sp³-hybridized carbons (Fsp3) is 0.276. The second kappa shape index (κ2) is 11.7. The van der Waals surface area contributed by atoms with E-state index in [2.05, 4.69) is 5.32 Å². The number of hydrogen-bond acceptors (Lipinski definition) is 3. The fourth-order valence-electron chi connectivity index (χ4n) is 4.29. The molecule has 7 heteroatoms. The minimum Gasteiger partial charge on any atom is -0.354 e. The van der Waals surface area contributed by atoms with Crippen LogP contribution >= 0.6 is 23.2 Å². The number of nitrogens with one attached hydrogen (secondary N) is 1. The summed E-state index contributed by atoms with van der Waals surface area (Å²) in [6.07, 6.45) is 1.46. The van der Waals surface area contributed by atoms with Crippen molar-refractivity contribution in [2.24, 2.45) is 10.9 Å². The van der Waals surface area contributed by atoms with E-state index in [0.717, 1.165) is 17.5 Å². The van der Waals surface area contributed by atoms with Crippen LogP contribution in [0.1, 0.15) is 37.0 Å². The number of anilines is 1. The molecule has 1 N–H and O–H groups in total. The van der Waals surface area contributed by atoms with Crippen LogP contribution in [0.5, 0.6) is 0 Å². The third-order valence-electron chi connectivity index (χ3n) is 6.48. The SMILES string of the molecule is CC[C@H](C)[C@@H]1N=C(c2ccccc2Cl)c2cc(Cl)ccc2N(CC(=O)NCCc2ccccc2)C1=O. The first kappa shape index (κ1) is 25.9. The van der Waals surface area contributed by atoms with Gasteiger partial charge in [0.05, 0.1) is 11.4 Å². The summed E-state index contributed by atoms with van der Waals surface area (Å²) in [6.45, 7) is 4.39. The zero-order valence-corrected chi connectivity index (χ0v) is 21.9. The minimum atomic E-state index is -0.662. The van der Waals surface area contributed by atoms with E-state index >= 15 is 0 Å². The Morgan fingerprint density at radius 3 is 2.47 bits per heavy atom. The largest absolute Gasteiger partial charge is 0.354 e. The Labute approximate surface area is 222 Å². The number of benzodiazepines with no additional fused rings is 1. The number of nitrogens with zero attached hydrogens (tertiary/aromatic N) is 2. The summed E-state index contributed by atoms with van der Waals surface area (Å²) in [5.41, 5.74) is 3.72. The zero-order chi connectivity index (χ0) is 25.7. The third kappa shape index (κ3) is 5.80. The summed E-state index contributed by atoms with van der Waals surface area (Å²) in [5, 5.41) is 4.00. The number of halogens is 2. The van der Waals surface area contributed by atoms with Crippen molar-refractivity contribution in [1.82, 2.24) is 5.32 Å². The fourth-order valence-corrected chi connectivity index (χ4v) is 4.69. The van der Waals surface area contributed by atoms with Gasteiger partial charge in [0.15, 0.2) is 0 Å². The Hall–Kier alpha value is -3.15. The van der Waals surface area contributed by atoms with Crippen molar-refractivity contribution in [2.45, 2.75) is 32.7 Å². The molecular weight excluding hydrogens is 493 g/mol. The van der Waals surface area contributed by atoms with Gasteiger partial charge in [-0.15, -0.1) is 0 Å². The average Bonchev–Trinajstić information content (AvgIpc) is 2.99. The molecule has 1 aliphatic heterocycles. The monoisotopic (exact) mass is 521 g/mol. The highest BCUT2D eigenvalue weighted by molar-refractivity contribution is 6.37. The van der Waals surface area contributed by atoms with Crippen molar-refractivity contribution in [3.8, 4) is 0 Å². The molecule has 1 heterocycles. The molecule has 3 aromatic carbocycles. The van der Waals surface area contributed by atoms with Crippen LogP contribution in [0.25, 0.3) is 0 Å². The molecule has 0 saturated carbocycles. The summed E-state index contributed by atoms with van der Waals surface area (Å²) >= 11 is 13.0. The van der Waals surface area contributed by atoms with Crippen molar-refractivity contribution in [1.29, 1.82) is 0 Å². The van der Waals surface area contributed by atoms with Crippen LogP contribution in [0.2, 0.25) is 10.0 Å². The smallest absolute Gasteiger partial charge is 0.252 e. The van der Waals surface area contributed by atoms with Crippen molar-refractivity contribution < 1.29 is 9.59 Å². The van der Waals surface area contributed by atoms with Gasteiger partial charge in [-0.25, -0.2) is 0 Å². The lowest BCUT2D eigenvalue weighted by atomic mass is 9.97. The highest BCUT2D eigenvalue weighted by Gasteiger charge is 2.36. The first-order valence-electron chi connectivity index (χ1n) is 12.1. The first-order valence-corrected chi connectivity index (χ1v) is 12.9. The molecule has 0 unspecified atom stereocenters. The van der Waals surface area contributed by atoms with Gasteiger partial charge in [0, 0.05) is 27.7 Å². The van der Waals surface area contributed by atoms with E-state index in [9.17, 15) is 9.59 Å². The van der Waals surface area contributed by atoms with Crippen LogP contribution in [-0.4, -0.2) is 36.7 Å². The number of carbonyl (C=O) groups excluding carboxylic acids is 2. The molecule has 186 valence electrons. The number of hydrogen-bond donors (Lipinski definition) is 1. The third-order valence-corrected chi connectivity index (χ3v) is 7.05. The predicted molar refractivity (Wildman–Crippen MR) is 147 cm³/mol. The van der Waals surface area contributed by atoms with Crippen molar-refractivity contribution >= 4 is 46.4 Å². The van der Waals surface area contributed by atoms with Crippen molar-refractivity contribution in [3.63, 3.8) is 0 Å². The quantitative estimate of drug-likeness (QED) is 0.398. The molecule has 0 fully saturated rings. The van der Waals surface area contributed by atoms with Crippen LogP contribution in [0.3, 0.4) is 0 Å². The molecule has 3 aromatic rings. The Bertz CT molecular complexity index is 1280. The molecule has 0 aliphatic carbocycles. The summed E-state index contributed by atoms with van der Waals surface area (Å²) in [6, 6.07) is 22.0. The van der Waals surface area contributed by atoms with E-state index in [4.69, 9.17) is 28.2 Å². The molecule has 0 saturated heterocycles. The van der Waals surface area contributed by atoms with E-state index in [0.29, 0.717) is 40.0 Å². The van der Waals surface area contributed by atoms with Gasteiger partial charge in [-0.3, -0.25) is 14.6 Å². The maximum Gasteiger partial charge on any atom is 0.252 e. The van der Waals surface area contributed by atoms with E-state index < -0.39 is 6.04 Å². The Morgan fingerprint density at radius 2 is 1.75 bits per heavy atom. The van der Waals surface area contributed by atoms with Crippen LogP contribution in [0, 0.1) is 5.92 Å². The molecule has 0 radical (unpaired) electrons. The molecule has 0 bridgehead atoms. The lowest BCUT2D eigenvalue weighted by Crippen LogP contribution is -2.46. The van der Waals surface area contributed by atoms with E-state index in [1.54, 1.807) is 24.3 Å². The number of aliphatic imine (C=N–C) groups is 1. The number of benzene rings is 3. The second-order valence-electron chi connectivity index (χ2n) is 8.96. The van der Waals surface area contributed by atoms with Gasteiger partial charge in [-0.05, 0) is 42.2 Å². The normalized spacial score (nSPS) is 16.1. The number of fused-ring (bicyclic) bond motifs is 1. The van der Waals surface area contributed by atoms with Crippen LogP contribution < -0.4 is 10.2 Å². The van der Waals surface area contributed by atoms with Crippen LogP contribution in [-0.2, 0) is 16.0 Å². The molecule has 4 rings (SSSR count). The minimum absolute atomic E-state index is 0.0385. The highest BCUT2D eigenvalue weighted by Crippen LogP contribution is 2.34. The predicted octanol–water partition coefficient (Wildman–Crippen LogP) is 5.95. The Balaban J connectivity index is 1.69. The zero-order valence-electron chi connectivity index (χ0n) is 20.4. The molecular formula is C29H29Cl2N3O2. The van der Waals surface area contributed by atoms with E-state index in [1.807, 2.05) is 62.4 Å². The Morgan fingerprint density at radius 1 is 1.03 bits per heavy atom. The summed E-state index contributed by atoms with van der Waals surface area (Å²) < 4.78 is 0.